The van der Waals surface area contributed by atoms with Crippen molar-refractivity contribution in [1.82, 2.24) is 5.32 Å². The molecule has 1 aromatic carbocycles. The first-order valence-corrected chi connectivity index (χ1v) is 6.15. The summed E-state index contributed by atoms with van der Waals surface area (Å²) in [5.41, 5.74) is 1.29. The van der Waals surface area contributed by atoms with Crippen molar-refractivity contribution in [1.29, 1.82) is 0 Å². The quantitative estimate of drug-likeness (QED) is 0.575. The highest BCUT2D eigenvalue weighted by Crippen LogP contribution is 2.21. The molecule has 2 heteroatoms. The summed E-state index contributed by atoms with van der Waals surface area (Å²) in [4.78, 5) is 0. The zero-order valence-corrected chi connectivity index (χ0v) is 10.7. The second-order valence-corrected chi connectivity index (χ2v) is 3.94. The van der Waals surface area contributed by atoms with E-state index in [1.54, 1.807) is 0 Å². The zero-order chi connectivity index (χ0) is 12.5. The third-order valence-corrected chi connectivity index (χ3v) is 2.76. The maximum absolute atomic E-state index is 5.43. The summed E-state index contributed by atoms with van der Waals surface area (Å²) in [6.07, 6.45) is 8.22. The molecule has 1 rings (SSSR count). The molecule has 1 aromatic rings. The number of benzene rings is 1. The molecule has 0 radical (unpaired) electrons. The van der Waals surface area contributed by atoms with Crippen molar-refractivity contribution in [3.8, 4) is 18.1 Å². The van der Waals surface area contributed by atoms with Crippen LogP contribution in [-0.4, -0.2) is 13.7 Å². The average molecular weight is 231 g/mol. The van der Waals surface area contributed by atoms with E-state index in [4.69, 9.17) is 11.2 Å². The number of terminal acetylenes is 1. The van der Waals surface area contributed by atoms with Crippen LogP contribution in [0.2, 0.25) is 0 Å². The van der Waals surface area contributed by atoms with Crippen LogP contribution in [-0.2, 0) is 0 Å². The molecule has 17 heavy (non-hydrogen) atoms. The van der Waals surface area contributed by atoms with E-state index in [-0.39, 0.29) is 0 Å². The topological polar surface area (TPSA) is 21.3 Å². The van der Waals surface area contributed by atoms with Gasteiger partial charge in [0.2, 0.25) is 0 Å². The van der Waals surface area contributed by atoms with Gasteiger partial charge < -0.3 is 10.1 Å². The predicted octanol–water partition coefficient (Wildman–Crippen LogP) is 3.15. The molecule has 0 aliphatic heterocycles. The van der Waals surface area contributed by atoms with Gasteiger partial charge in [0.25, 0.3) is 0 Å². The van der Waals surface area contributed by atoms with Crippen molar-refractivity contribution in [3.63, 3.8) is 0 Å². The van der Waals surface area contributed by atoms with Gasteiger partial charge in [-0.3, -0.25) is 0 Å². The fraction of sp³-hybridized carbons (Fsp3) is 0.467. The van der Waals surface area contributed by atoms with E-state index in [0.29, 0.717) is 12.6 Å². The molecular weight excluding hydrogens is 210 g/mol. The minimum absolute atomic E-state index is 0.374. The minimum Gasteiger partial charge on any atom is -0.494 e. The summed E-state index contributed by atoms with van der Waals surface area (Å²) in [6.45, 7) is 2.70. The third-order valence-electron chi connectivity index (χ3n) is 2.76. The van der Waals surface area contributed by atoms with Crippen LogP contribution in [0, 0.1) is 12.3 Å². The molecule has 1 unspecified atom stereocenters. The summed E-state index contributed by atoms with van der Waals surface area (Å²) in [7, 11) is 1.98. The van der Waals surface area contributed by atoms with Crippen LogP contribution in [0.15, 0.2) is 24.3 Å². The van der Waals surface area contributed by atoms with Gasteiger partial charge in [-0.05, 0) is 44.5 Å². The molecule has 0 spiro atoms. The number of hydrogen-bond acceptors (Lipinski definition) is 2. The largest absolute Gasteiger partial charge is 0.494 e. The van der Waals surface area contributed by atoms with Gasteiger partial charge in [-0.1, -0.05) is 12.1 Å². The van der Waals surface area contributed by atoms with E-state index in [0.717, 1.165) is 25.0 Å². The zero-order valence-electron chi connectivity index (χ0n) is 10.7. The fourth-order valence-electron chi connectivity index (χ4n) is 1.85. The van der Waals surface area contributed by atoms with Crippen LogP contribution in [0.4, 0.5) is 0 Å². The lowest BCUT2D eigenvalue weighted by Crippen LogP contribution is -2.16. The molecule has 92 valence electrons. The Morgan fingerprint density at radius 1 is 1.35 bits per heavy atom. The number of unbranched alkanes of at least 4 members (excludes halogenated alkanes) is 1. The standard InChI is InChI=1S/C15H21NO/c1-4-6-7-8-15(16-3)13-9-11-14(12-10-13)17-5-2/h1,9-12,15-16H,5-8H2,2-3H3. The smallest absolute Gasteiger partial charge is 0.119 e. The van der Waals surface area contributed by atoms with Gasteiger partial charge in [-0.25, -0.2) is 0 Å². The van der Waals surface area contributed by atoms with Crippen molar-refractivity contribution < 1.29 is 4.74 Å². The van der Waals surface area contributed by atoms with Gasteiger partial charge in [-0.15, -0.1) is 12.3 Å². The highest BCUT2D eigenvalue weighted by Gasteiger charge is 2.08. The Labute approximate surface area is 104 Å². The third kappa shape index (κ3) is 4.50. The van der Waals surface area contributed by atoms with Crippen LogP contribution in [0.3, 0.4) is 0 Å². The van der Waals surface area contributed by atoms with E-state index in [1.165, 1.54) is 5.56 Å². The van der Waals surface area contributed by atoms with Gasteiger partial charge in [-0.2, -0.15) is 0 Å². The fourth-order valence-corrected chi connectivity index (χ4v) is 1.85. The average Bonchev–Trinajstić information content (AvgIpc) is 2.36. The van der Waals surface area contributed by atoms with Crippen molar-refractivity contribution in [2.24, 2.45) is 0 Å². The van der Waals surface area contributed by atoms with Crippen molar-refractivity contribution in [3.05, 3.63) is 29.8 Å². The summed E-state index contributed by atoms with van der Waals surface area (Å²) in [5.74, 6) is 3.60. The second kappa shape index (κ2) is 7.76. The molecule has 2 nitrogen and oxygen atoms in total. The Kier molecular flexibility index (Phi) is 6.21. The van der Waals surface area contributed by atoms with Gasteiger partial charge in [0.05, 0.1) is 6.61 Å². The first kappa shape index (κ1) is 13.6. The van der Waals surface area contributed by atoms with E-state index in [9.17, 15) is 0 Å². The highest BCUT2D eigenvalue weighted by atomic mass is 16.5. The summed E-state index contributed by atoms with van der Waals surface area (Å²) >= 11 is 0. The second-order valence-electron chi connectivity index (χ2n) is 3.94. The van der Waals surface area contributed by atoms with Crippen LogP contribution < -0.4 is 10.1 Å². The number of nitrogens with one attached hydrogen (secondary N) is 1. The Bertz CT molecular complexity index is 350. The van der Waals surface area contributed by atoms with Crippen molar-refractivity contribution in [2.75, 3.05) is 13.7 Å². The number of ether oxygens (including phenoxy) is 1. The van der Waals surface area contributed by atoms with Crippen LogP contribution in [0.1, 0.15) is 37.8 Å². The number of hydrogen-bond donors (Lipinski definition) is 1. The van der Waals surface area contributed by atoms with Crippen molar-refractivity contribution in [2.45, 2.75) is 32.2 Å². The molecular formula is C15H21NO. The van der Waals surface area contributed by atoms with Crippen LogP contribution >= 0.6 is 0 Å². The van der Waals surface area contributed by atoms with Gasteiger partial charge in [0, 0.05) is 12.5 Å². The predicted molar refractivity (Wildman–Crippen MR) is 72.1 cm³/mol. The summed E-state index contributed by atoms with van der Waals surface area (Å²) in [5, 5.41) is 3.32. The first-order valence-electron chi connectivity index (χ1n) is 6.15. The van der Waals surface area contributed by atoms with E-state index < -0.39 is 0 Å². The van der Waals surface area contributed by atoms with E-state index in [2.05, 4.69) is 23.4 Å². The maximum Gasteiger partial charge on any atom is 0.119 e. The van der Waals surface area contributed by atoms with Crippen LogP contribution in [0.5, 0.6) is 5.75 Å². The molecule has 0 amide bonds. The highest BCUT2D eigenvalue weighted by molar-refractivity contribution is 5.29. The number of rotatable bonds is 7. The lowest BCUT2D eigenvalue weighted by Gasteiger charge is -2.16. The summed E-state index contributed by atoms with van der Waals surface area (Å²) < 4.78 is 5.43. The van der Waals surface area contributed by atoms with Gasteiger partial charge in [0.1, 0.15) is 5.75 Å². The molecule has 0 aliphatic rings. The Morgan fingerprint density at radius 2 is 2.06 bits per heavy atom. The van der Waals surface area contributed by atoms with Gasteiger partial charge >= 0.3 is 0 Å². The first-order chi connectivity index (χ1) is 8.31. The Balaban J connectivity index is 2.59. The maximum atomic E-state index is 5.43. The Morgan fingerprint density at radius 3 is 2.59 bits per heavy atom. The van der Waals surface area contributed by atoms with Crippen LogP contribution in [0.25, 0.3) is 0 Å². The normalized spacial score (nSPS) is 11.8. The molecule has 0 aromatic heterocycles. The summed E-state index contributed by atoms with van der Waals surface area (Å²) in [6, 6.07) is 8.64. The van der Waals surface area contributed by atoms with Crippen molar-refractivity contribution >= 4 is 0 Å². The minimum atomic E-state index is 0.374. The lowest BCUT2D eigenvalue weighted by atomic mass is 10.0. The lowest BCUT2D eigenvalue weighted by molar-refractivity contribution is 0.340. The molecule has 0 saturated carbocycles. The molecule has 0 heterocycles. The molecule has 1 N–H and O–H groups in total. The molecule has 0 fully saturated rings. The van der Waals surface area contributed by atoms with Gasteiger partial charge in [0.15, 0.2) is 0 Å². The van der Waals surface area contributed by atoms with E-state index >= 15 is 0 Å². The Hall–Kier alpha value is -1.46. The molecule has 0 bridgehead atoms. The molecule has 0 aliphatic carbocycles. The molecule has 1 atom stereocenters. The SMILES string of the molecule is C#CCCCC(NC)c1ccc(OCC)cc1. The molecule has 0 saturated heterocycles. The monoisotopic (exact) mass is 231 g/mol. The van der Waals surface area contributed by atoms with E-state index in [1.807, 2.05) is 26.1 Å².